The smallest absolute Gasteiger partial charge is 0.101 e. The fourth-order valence-electron chi connectivity index (χ4n) is 2.49. The van der Waals surface area contributed by atoms with Crippen LogP contribution >= 0.6 is 11.6 Å². The Morgan fingerprint density at radius 3 is 2.61 bits per heavy atom. The van der Waals surface area contributed by atoms with Crippen molar-refractivity contribution in [2.75, 3.05) is 5.43 Å². The quantitative estimate of drug-likeness (QED) is 0.882. The molecule has 1 aromatic rings. The molecular weight excluding hydrogens is 246 g/mol. The van der Waals surface area contributed by atoms with Crippen LogP contribution in [0.15, 0.2) is 18.2 Å². The van der Waals surface area contributed by atoms with Gasteiger partial charge in [0.25, 0.3) is 0 Å². The summed E-state index contributed by atoms with van der Waals surface area (Å²) in [6.07, 6.45) is 3.64. The van der Waals surface area contributed by atoms with E-state index in [0.29, 0.717) is 22.7 Å². The van der Waals surface area contributed by atoms with E-state index < -0.39 is 0 Å². The fraction of sp³-hybridized carbons (Fsp3) is 0.500. The molecule has 1 heterocycles. The van der Waals surface area contributed by atoms with Gasteiger partial charge in [-0.15, -0.1) is 0 Å². The number of hydrogen-bond acceptors (Lipinski definition) is 3. The van der Waals surface area contributed by atoms with Gasteiger partial charge in [-0.05, 0) is 44.9 Å². The predicted molar refractivity (Wildman–Crippen MR) is 74.4 cm³/mol. The van der Waals surface area contributed by atoms with Crippen LogP contribution in [0.25, 0.3) is 0 Å². The molecule has 0 aromatic heterocycles. The highest BCUT2D eigenvalue weighted by molar-refractivity contribution is 6.30. The molecule has 4 heteroatoms. The summed E-state index contributed by atoms with van der Waals surface area (Å²) in [6, 6.07) is 8.52. The van der Waals surface area contributed by atoms with Gasteiger partial charge in [-0.3, -0.25) is 0 Å². The van der Waals surface area contributed by atoms with Gasteiger partial charge in [0.1, 0.15) is 6.07 Å². The molecule has 18 heavy (non-hydrogen) atoms. The van der Waals surface area contributed by atoms with Crippen LogP contribution in [0, 0.1) is 11.3 Å². The minimum Gasteiger partial charge on any atom is -0.317 e. The zero-order valence-electron chi connectivity index (χ0n) is 10.8. The molecule has 0 saturated carbocycles. The molecule has 2 unspecified atom stereocenters. The molecule has 2 atom stereocenters. The minimum atomic E-state index is 0.482. The van der Waals surface area contributed by atoms with Gasteiger partial charge in [0.15, 0.2) is 0 Å². The number of nitrogens with zero attached hydrogens (tertiary/aromatic N) is 2. The Labute approximate surface area is 113 Å². The van der Waals surface area contributed by atoms with Crippen molar-refractivity contribution in [3.63, 3.8) is 0 Å². The molecule has 0 amide bonds. The topological polar surface area (TPSA) is 39.1 Å². The van der Waals surface area contributed by atoms with Crippen LogP contribution in [0.5, 0.6) is 0 Å². The third kappa shape index (κ3) is 2.77. The highest BCUT2D eigenvalue weighted by Crippen LogP contribution is 2.26. The van der Waals surface area contributed by atoms with Gasteiger partial charge in [-0.25, -0.2) is 5.01 Å². The molecular formula is C14H18ClN3. The predicted octanol–water partition coefficient (Wildman–Crippen LogP) is 3.80. The molecule has 96 valence electrons. The van der Waals surface area contributed by atoms with Crippen molar-refractivity contribution in [1.29, 1.82) is 5.26 Å². The molecule has 1 aliphatic rings. The molecule has 2 rings (SSSR count). The van der Waals surface area contributed by atoms with E-state index in [4.69, 9.17) is 16.9 Å². The number of benzene rings is 1. The first-order chi connectivity index (χ1) is 8.61. The lowest BCUT2D eigenvalue weighted by Gasteiger charge is -2.39. The first-order valence-corrected chi connectivity index (χ1v) is 6.74. The maximum absolute atomic E-state index is 9.14. The average molecular weight is 264 g/mol. The molecule has 0 bridgehead atoms. The van der Waals surface area contributed by atoms with Gasteiger partial charge in [0, 0.05) is 17.1 Å². The Balaban J connectivity index is 2.20. The number of rotatable bonds is 2. The standard InChI is InChI=1S/C14H18ClN3/c1-10-4-3-5-11(2)18(10)17-14-7-6-13(15)8-12(14)9-16/h6-8,10-11,17H,3-5H2,1-2H3. The summed E-state index contributed by atoms with van der Waals surface area (Å²) in [7, 11) is 0. The van der Waals surface area contributed by atoms with Crippen molar-refractivity contribution in [2.45, 2.75) is 45.2 Å². The summed E-state index contributed by atoms with van der Waals surface area (Å²) in [5, 5.41) is 12.0. The molecule has 3 nitrogen and oxygen atoms in total. The summed E-state index contributed by atoms with van der Waals surface area (Å²) in [6.45, 7) is 4.43. The third-order valence-corrected chi connectivity index (χ3v) is 3.78. The number of halogens is 1. The fourth-order valence-corrected chi connectivity index (χ4v) is 2.66. The highest BCUT2D eigenvalue weighted by Gasteiger charge is 2.25. The van der Waals surface area contributed by atoms with Crippen molar-refractivity contribution in [3.05, 3.63) is 28.8 Å². The molecule has 0 radical (unpaired) electrons. The molecule has 0 spiro atoms. The van der Waals surface area contributed by atoms with Crippen LogP contribution in [-0.4, -0.2) is 17.1 Å². The zero-order valence-corrected chi connectivity index (χ0v) is 11.5. The van der Waals surface area contributed by atoms with Crippen molar-refractivity contribution >= 4 is 17.3 Å². The van der Waals surface area contributed by atoms with Gasteiger partial charge < -0.3 is 5.43 Å². The number of anilines is 1. The van der Waals surface area contributed by atoms with Gasteiger partial charge in [-0.1, -0.05) is 18.0 Å². The summed E-state index contributed by atoms with van der Waals surface area (Å²) in [4.78, 5) is 0. The monoisotopic (exact) mass is 263 g/mol. The molecule has 0 aliphatic carbocycles. The van der Waals surface area contributed by atoms with Crippen LogP contribution in [0.4, 0.5) is 5.69 Å². The number of nitriles is 1. The Hall–Kier alpha value is -1.24. The Bertz CT molecular complexity index is 457. The second-order valence-corrected chi connectivity index (χ2v) is 5.39. The SMILES string of the molecule is CC1CCCC(C)N1Nc1ccc(Cl)cc1C#N. The van der Waals surface area contributed by atoms with E-state index in [9.17, 15) is 0 Å². The highest BCUT2D eigenvalue weighted by atomic mass is 35.5. The second kappa shape index (κ2) is 5.60. The molecule has 1 fully saturated rings. The second-order valence-electron chi connectivity index (χ2n) is 4.95. The summed E-state index contributed by atoms with van der Waals surface area (Å²) in [5.41, 5.74) is 4.81. The average Bonchev–Trinajstić information content (AvgIpc) is 2.35. The first kappa shape index (κ1) is 13.2. The summed E-state index contributed by atoms with van der Waals surface area (Å²) >= 11 is 5.90. The van der Waals surface area contributed by atoms with Crippen LogP contribution in [-0.2, 0) is 0 Å². The summed E-state index contributed by atoms with van der Waals surface area (Å²) < 4.78 is 0. The minimum absolute atomic E-state index is 0.482. The van der Waals surface area contributed by atoms with E-state index in [-0.39, 0.29) is 0 Å². The lowest BCUT2D eigenvalue weighted by atomic mass is 10.00. The van der Waals surface area contributed by atoms with Crippen molar-refractivity contribution in [1.82, 2.24) is 5.01 Å². The maximum Gasteiger partial charge on any atom is 0.101 e. The van der Waals surface area contributed by atoms with E-state index in [1.165, 1.54) is 19.3 Å². The van der Waals surface area contributed by atoms with E-state index in [0.717, 1.165) is 5.69 Å². The number of hydrazine groups is 1. The van der Waals surface area contributed by atoms with Crippen LogP contribution in [0.1, 0.15) is 38.7 Å². The van der Waals surface area contributed by atoms with Crippen molar-refractivity contribution < 1.29 is 0 Å². The number of nitrogens with one attached hydrogen (secondary N) is 1. The zero-order chi connectivity index (χ0) is 13.1. The lowest BCUT2D eigenvalue weighted by molar-refractivity contribution is 0.135. The van der Waals surface area contributed by atoms with Crippen LogP contribution in [0.2, 0.25) is 5.02 Å². The van der Waals surface area contributed by atoms with E-state index >= 15 is 0 Å². The maximum atomic E-state index is 9.14. The van der Waals surface area contributed by atoms with Gasteiger partial charge in [-0.2, -0.15) is 5.26 Å². The largest absolute Gasteiger partial charge is 0.317 e. The normalized spacial score (nSPS) is 24.6. The third-order valence-electron chi connectivity index (χ3n) is 3.55. The molecule has 1 saturated heterocycles. The van der Waals surface area contributed by atoms with E-state index in [1.54, 1.807) is 6.07 Å². The first-order valence-electron chi connectivity index (χ1n) is 6.36. The van der Waals surface area contributed by atoms with E-state index in [2.05, 4.69) is 30.4 Å². The molecule has 1 aromatic carbocycles. The number of piperidine rings is 1. The number of hydrogen-bond donors (Lipinski definition) is 1. The Kier molecular flexibility index (Phi) is 4.11. The van der Waals surface area contributed by atoms with Gasteiger partial charge in [0.2, 0.25) is 0 Å². The van der Waals surface area contributed by atoms with Gasteiger partial charge >= 0.3 is 0 Å². The molecule has 1 N–H and O–H groups in total. The van der Waals surface area contributed by atoms with Crippen LogP contribution in [0.3, 0.4) is 0 Å². The van der Waals surface area contributed by atoms with Crippen LogP contribution < -0.4 is 5.43 Å². The Morgan fingerprint density at radius 1 is 1.33 bits per heavy atom. The summed E-state index contributed by atoms with van der Waals surface area (Å²) in [5.74, 6) is 0. The van der Waals surface area contributed by atoms with Gasteiger partial charge in [0.05, 0.1) is 11.3 Å². The van der Waals surface area contributed by atoms with E-state index in [1.807, 2.05) is 12.1 Å². The lowest BCUT2D eigenvalue weighted by Crippen LogP contribution is -2.47. The van der Waals surface area contributed by atoms with Crippen molar-refractivity contribution in [3.8, 4) is 6.07 Å². The van der Waals surface area contributed by atoms with Crippen molar-refractivity contribution in [2.24, 2.45) is 0 Å². The Morgan fingerprint density at radius 2 is 2.00 bits per heavy atom. The molecule has 1 aliphatic heterocycles.